The van der Waals surface area contributed by atoms with E-state index in [2.05, 4.69) is 42.8 Å². The van der Waals surface area contributed by atoms with Crippen LogP contribution in [0, 0.1) is 3.57 Å². The molecule has 4 nitrogen and oxygen atoms in total. The summed E-state index contributed by atoms with van der Waals surface area (Å²) >= 11 is 2.29. The predicted octanol–water partition coefficient (Wildman–Crippen LogP) is 0.881. The number of aromatic nitrogens is 2. The lowest BCUT2D eigenvalue weighted by atomic mass is 10.4. The van der Waals surface area contributed by atoms with Crippen LogP contribution in [-0.2, 0) is 0 Å². The first-order valence-electron chi connectivity index (χ1n) is 4.79. The molecule has 0 bridgehead atoms. The van der Waals surface area contributed by atoms with Gasteiger partial charge in [-0.25, -0.2) is 9.97 Å². The molecule has 1 aliphatic rings. The summed E-state index contributed by atoms with van der Waals surface area (Å²) < 4.78 is 1.13. The molecule has 1 aromatic heterocycles. The van der Waals surface area contributed by atoms with Crippen LogP contribution in [0.25, 0.3) is 0 Å². The highest BCUT2D eigenvalue weighted by Gasteiger charge is 2.12. The van der Waals surface area contributed by atoms with Crippen LogP contribution in [0.2, 0.25) is 0 Å². The summed E-state index contributed by atoms with van der Waals surface area (Å²) in [5.41, 5.74) is 0. The van der Waals surface area contributed by atoms with Crippen molar-refractivity contribution < 1.29 is 0 Å². The fourth-order valence-corrected chi connectivity index (χ4v) is 2.24. The molecule has 2 heterocycles. The molecular formula is C9H13IN4. The van der Waals surface area contributed by atoms with Crippen LogP contribution in [0.3, 0.4) is 0 Å². The minimum absolute atomic E-state index is 1.03. The minimum atomic E-state index is 1.03. The van der Waals surface area contributed by atoms with Gasteiger partial charge in [0.15, 0.2) is 0 Å². The van der Waals surface area contributed by atoms with E-state index in [1.165, 1.54) is 6.42 Å². The zero-order valence-corrected chi connectivity index (χ0v) is 10.1. The van der Waals surface area contributed by atoms with Crippen LogP contribution in [0.4, 0.5) is 5.82 Å². The largest absolute Gasteiger partial charge is 0.354 e. The summed E-state index contributed by atoms with van der Waals surface area (Å²) in [6, 6.07) is 0. The van der Waals surface area contributed by atoms with Crippen molar-refractivity contribution in [2.24, 2.45) is 0 Å². The Morgan fingerprint density at radius 1 is 1.36 bits per heavy atom. The average Bonchev–Trinajstić information content (AvgIpc) is 2.47. The highest BCUT2D eigenvalue weighted by Crippen LogP contribution is 2.18. The number of rotatable bonds is 1. The molecule has 0 radical (unpaired) electrons. The van der Waals surface area contributed by atoms with Gasteiger partial charge in [-0.15, -0.1) is 0 Å². The normalized spacial score (nSPS) is 17.9. The molecule has 1 aliphatic heterocycles. The van der Waals surface area contributed by atoms with E-state index in [1.807, 2.05) is 6.20 Å². The Morgan fingerprint density at radius 2 is 2.29 bits per heavy atom. The van der Waals surface area contributed by atoms with Gasteiger partial charge in [0.2, 0.25) is 0 Å². The minimum Gasteiger partial charge on any atom is -0.354 e. The van der Waals surface area contributed by atoms with Crippen LogP contribution in [-0.4, -0.2) is 36.1 Å². The molecule has 5 heteroatoms. The molecule has 1 saturated heterocycles. The Kier molecular flexibility index (Phi) is 3.52. The molecular weight excluding hydrogens is 291 g/mol. The van der Waals surface area contributed by atoms with Crippen molar-refractivity contribution in [2.45, 2.75) is 6.42 Å². The maximum Gasteiger partial charge on any atom is 0.145 e. The van der Waals surface area contributed by atoms with Crippen LogP contribution < -0.4 is 10.2 Å². The van der Waals surface area contributed by atoms with E-state index in [0.29, 0.717) is 0 Å². The van der Waals surface area contributed by atoms with Gasteiger partial charge in [0.05, 0.1) is 3.57 Å². The first kappa shape index (κ1) is 10.1. The number of nitrogens with zero attached hydrogens (tertiary/aromatic N) is 3. The van der Waals surface area contributed by atoms with E-state index < -0.39 is 0 Å². The van der Waals surface area contributed by atoms with Gasteiger partial charge in [0.1, 0.15) is 12.1 Å². The molecule has 0 unspecified atom stereocenters. The number of hydrogen-bond acceptors (Lipinski definition) is 4. The quantitative estimate of drug-likeness (QED) is 0.782. The Balaban J connectivity index is 2.16. The third-order valence-electron chi connectivity index (χ3n) is 2.29. The Hall–Kier alpha value is -0.430. The van der Waals surface area contributed by atoms with Gasteiger partial charge in [-0.1, -0.05) is 0 Å². The lowest BCUT2D eigenvalue weighted by Crippen LogP contribution is -2.29. The van der Waals surface area contributed by atoms with Gasteiger partial charge in [0.25, 0.3) is 0 Å². The summed E-state index contributed by atoms with van der Waals surface area (Å²) in [5.74, 6) is 1.07. The Labute approximate surface area is 97.3 Å². The van der Waals surface area contributed by atoms with Crippen molar-refractivity contribution in [2.75, 3.05) is 31.1 Å². The third-order valence-corrected chi connectivity index (χ3v) is 3.05. The van der Waals surface area contributed by atoms with E-state index in [0.717, 1.165) is 35.6 Å². The zero-order chi connectivity index (χ0) is 9.80. The number of halogens is 1. The van der Waals surface area contributed by atoms with Crippen molar-refractivity contribution in [1.29, 1.82) is 0 Å². The molecule has 14 heavy (non-hydrogen) atoms. The molecule has 2 rings (SSSR count). The van der Waals surface area contributed by atoms with E-state index in [9.17, 15) is 0 Å². The van der Waals surface area contributed by atoms with Crippen LogP contribution in [0.1, 0.15) is 6.42 Å². The Morgan fingerprint density at radius 3 is 3.14 bits per heavy atom. The van der Waals surface area contributed by atoms with Gasteiger partial charge in [-0.05, 0) is 35.6 Å². The highest BCUT2D eigenvalue weighted by molar-refractivity contribution is 14.1. The molecule has 0 amide bonds. The molecule has 0 aromatic carbocycles. The first-order valence-corrected chi connectivity index (χ1v) is 5.87. The van der Waals surface area contributed by atoms with Gasteiger partial charge >= 0.3 is 0 Å². The van der Waals surface area contributed by atoms with Gasteiger partial charge in [-0.2, -0.15) is 0 Å². The van der Waals surface area contributed by atoms with Gasteiger partial charge in [-0.3, -0.25) is 0 Å². The molecule has 1 fully saturated rings. The number of nitrogens with one attached hydrogen (secondary N) is 1. The van der Waals surface area contributed by atoms with Crippen molar-refractivity contribution >= 4 is 28.4 Å². The summed E-state index contributed by atoms with van der Waals surface area (Å²) in [6.07, 6.45) is 4.66. The monoisotopic (exact) mass is 304 g/mol. The number of hydrogen-bond donors (Lipinski definition) is 1. The molecule has 1 N–H and O–H groups in total. The summed E-state index contributed by atoms with van der Waals surface area (Å²) in [5, 5.41) is 3.38. The van der Waals surface area contributed by atoms with E-state index in [4.69, 9.17) is 0 Å². The smallest absolute Gasteiger partial charge is 0.145 e. The second kappa shape index (κ2) is 4.88. The average molecular weight is 304 g/mol. The van der Waals surface area contributed by atoms with Gasteiger partial charge < -0.3 is 10.2 Å². The third kappa shape index (κ3) is 2.33. The zero-order valence-electron chi connectivity index (χ0n) is 7.91. The summed E-state index contributed by atoms with van der Waals surface area (Å²) in [7, 11) is 0. The lowest BCUT2D eigenvalue weighted by molar-refractivity contribution is 0.724. The van der Waals surface area contributed by atoms with Gasteiger partial charge in [0, 0.05) is 25.8 Å². The topological polar surface area (TPSA) is 41.1 Å². The highest BCUT2D eigenvalue weighted by atomic mass is 127. The second-order valence-electron chi connectivity index (χ2n) is 3.28. The van der Waals surface area contributed by atoms with Crippen molar-refractivity contribution in [3.8, 4) is 0 Å². The van der Waals surface area contributed by atoms with Crippen molar-refractivity contribution in [1.82, 2.24) is 15.3 Å². The fraction of sp³-hybridized carbons (Fsp3) is 0.556. The van der Waals surface area contributed by atoms with Crippen LogP contribution in [0.5, 0.6) is 0 Å². The standard InChI is InChI=1S/C9H13IN4/c10-8-6-12-7-13-9(8)14-4-1-2-11-3-5-14/h6-7,11H,1-5H2. The summed E-state index contributed by atoms with van der Waals surface area (Å²) in [6.45, 7) is 4.27. The fourth-order valence-electron chi connectivity index (χ4n) is 1.60. The van der Waals surface area contributed by atoms with E-state index in [1.54, 1.807) is 6.33 Å². The molecule has 0 aliphatic carbocycles. The maximum absolute atomic E-state index is 4.32. The van der Waals surface area contributed by atoms with E-state index in [-0.39, 0.29) is 0 Å². The second-order valence-corrected chi connectivity index (χ2v) is 4.45. The lowest BCUT2D eigenvalue weighted by Gasteiger charge is -2.21. The van der Waals surface area contributed by atoms with Crippen LogP contribution >= 0.6 is 22.6 Å². The summed E-state index contributed by atoms with van der Waals surface area (Å²) in [4.78, 5) is 10.6. The molecule has 0 atom stereocenters. The van der Waals surface area contributed by atoms with Crippen LogP contribution in [0.15, 0.2) is 12.5 Å². The van der Waals surface area contributed by atoms with Crippen molar-refractivity contribution in [3.63, 3.8) is 0 Å². The number of anilines is 1. The maximum atomic E-state index is 4.32. The first-order chi connectivity index (χ1) is 6.88. The SMILES string of the molecule is Ic1cncnc1N1CCCNCC1. The predicted molar refractivity (Wildman–Crippen MR) is 64.4 cm³/mol. The molecule has 0 saturated carbocycles. The molecule has 0 spiro atoms. The molecule has 1 aromatic rings. The van der Waals surface area contributed by atoms with Crippen molar-refractivity contribution in [3.05, 3.63) is 16.1 Å². The Bertz CT molecular complexity index is 297. The van der Waals surface area contributed by atoms with E-state index >= 15 is 0 Å². The molecule has 76 valence electrons.